The highest BCUT2D eigenvalue weighted by molar-refractivity contribution is 6.48. The smallest absolute Gasteiger partial charge is 0.261 e. The van der Waals surface area contributed by atoms with E-state index in [4.69, 9.17) is 0 Å². The minimum atomic E-state index is -0.507. The molecule has 0 spiro atoms. The summed E-state index contributed by atoms with van der Waals surface area (Å²) in [6, 6.07) is 10.9. The second-order valence-electron chi connectivity index (χ2n) is 8.57. The van der Waals surface area contributed by atoms with Crippen molar-refractivity contribution in [2.24, 2.45) is 4.99 Å². The number of likely N-dealkylation sites (N-methyl/N-ethyl adjacent to an activating group) is 1. The predicted octanol–water partition coefficient (Wildman–Crippen LogP) is 1.54. The van der Waals surface area contributed by atoms with Crippen LogP contribution >= 0.6 is 0 Å². The number of pyridine rings is 1. The van der Waals surface area contributed by atoms with E-state index < -0.39 is 17.9 Å². The number of hydrogen-bond acceptors (Lipinski definition) is 6. The number of fused-ring (bicyclic) bond motifs is 1. The number of imide groups is 1. The van der Waals surface area contributed by atoms with Crippen molar-refractivity contribution in [3.8, 4) is 0 Å². The van der Waals surface area contributed by atoms with Crippen LogP contribution in [0.3, 0.4) is 0 Å². The van der Waals surface area contributed by atoms with E-state index in [-0.39, 0.29) is 17.1 Å². The molecule has 0 radical (unpaired) electrons. The highest BCUT2D eigenvalue weighted by Crippen LogP contribution is 2.40. The van der Waals surface area contributed by atoms with Crippen LogP contribution in [-0.4, -0.2) is 58.1 Å². The molecule has 0 fully saturated rings. The fraction of sp³-hybridized carbons (Fsp3) is 0.160. The predicted molar refractivity (Wildman–Crippen MR) is 126 cm³/mol. The molecule has 3 aliphatic heterocycles. The number of carbonyl (C=O) groups is 3. The number of aliphatic imine (C=N–C) groups is 1. The molecule has 0 bridgehead atoms. The Morgan fingerprint density at radius 3 is 2.71 bits per heavy atom. The van der Waals surface area contributed by atoms with Crippen LogP contribution in [0.4, 0.5) is 5.69 Å². The topological polar surface area (TPSA) is 99.4 Å². The fourth-order valence-corrected chi connectivity index (χ4v) is 4.91. The molecule has 9 nitrogen and oxygen atoms in total. The van der Waals surface area contributed by atoms with Crippen LogP contribution < -0.4 is 10.2 Å². The van der Waals surface area contributed by atoms with Crippen LogP contribution in [0.25, 0.3) is 11.1 Å². The Balaban J connectivity index is 1.56. The average Bonchev–Trinajstić information content (AvgIpc) is 3.45. The van der Waals surface area contributed by atoms with E-state index in [2.05, 4.69) is 15.4 Å². The van der Waals surface area contributed by atoms with Crippen molar-refractivity contribution >= 4 is 40.2 Å². The SMILES string of the molecule is CN(C)C(=O)C1Cc2cccc3c2N1C=CN=C3C1=C(c2cnn3ccccc23)C(=O)NC1=O. The Labute approximate surface area is 194 Å². The molecular weight excluding hydrogens is 432 g/mol. The maximum absolute atomic E-state index is 13.1. The van der Waals surface area contributed by atoms with Crippen molar-refractivity contribution < 1.29 is 14.4 Å². The maximum atomic E-state index is 13.1. The Bertz CT molecular complexity index is 1510. The third-order valence-electron chi connectivity index (χ3n) is 6.40. The number of amides is 3. The van der Waals surface area contributed by atoms with Gasteiger partial charge in [0.25, 0.3) is 11.8 Å². The van der Waals surface area contributed by atoms with Gasteiger partial charge < -0.3 is 9.80 Å². The van der Waals surface area contributed by atoms with Gasteiger partial charge in [-0.3, -0.25) is 24.7 Å². The first-order valence-corrected chi connectivity index (χ1v) is 10.8. The van der Waals surface area contributed by atoms with Gasteiger partial charge >= 0.3 is 0 Å². The lowest BCUT2D eigenvalue weighted by atomic mass is 9.93. The Hall–Kier alpha value is -4.53. The number of anilines is 1. The number of aromatic nitrogens is 2. The summed E-state index contributed by atoms with van der Waals surface area (Å²) in [6.45, 7) is 0. The molecule has 168 valence electrons. The van der Waals surface area contributed by atoms with Gasteiger partial charge in [0.2, 0.25) is 5.91 Å². The summed E-state index contributed by atoms with van der Waals surface area (Å²) in [5.74, 6) is -1.01. The van der Waals surface area contributed by atoms with Crippen molar-refractivity contribution in [1.82, 2.24) is 19.8 Å². The fourth-order valence-electron chi connectivity index (χ4n) is 4.91. The van der Waals surface area contributed by atoms with Gasteiger partial charge in [0, 0.05) is 50.2 Å². The van der Waals surface area contributed by atoms with E-state index in [1.165, 1.54) is 0 Å². The number of carbonyl (C=O) groups excluding carboxylic acids is 3. The first kappa shape index (κ1) is 20.1. The number of nitrogens with zero attached hydrogens (tertiary/aromatic N) is 5. The molecule has 3 amide bonds. The van der Waals surface area contributed by atoms with Gasteiger partial charge in [-0.15, -0.1) is 0 Å². The summed E-state index contributed by atoms with van der Waals surface area (Å²) in [7, 11) is 3.47. The molecule has 1 N–H and O–H groups in total. The van der Waals surface area contributed by atoms with Crippen LogP contribution in [0.2, 0.25) is 0 Å². The van der Waals surface area contributed by atoms with E-state index in [0.717, 1.165) is 11.3 Å². The van der Waals surface area contributed by atoms with Crippen LogP contribution in [-0.2, 0) is 20.8 Å². The largest absolute Gasteiger partial charge is 0.347 e. The zero-order valence-electron chi connectivity index (χ0n) is 18.5. The number of nitrogens with one attached hydrogen (secondary N) is 1. The van der Waals surface area contributed by atoms with Crippen molar-refractivity contribution in [2.45, 2.75) is 12.5 Å². The van der Waals surface area contributed by atoms with Gasteiger partial charge in [0.05, 0.1) is 34.3 Å². The molecule has 34 heavy (non-hydrogen) atoms. The van der Waals surface area contributed by atoms with Gasteiger partial charge in [-0.2, -0.15) is 5.10 Å². The zero-order valence-corrected chi connectivity index (χ0v) is 18.5. The summed E-state index contributed by atoms with van der Waals surface area (Å²) in [6.07, 6.45) is 7.26. The molecule has 1 atom stereocenters. The standard InChI is InChI=1S/C25H20N6O3/c1-29(2)25(34)18-12-14-6-5-7-15-21(26-9-11-30(18)22(14)15)20-19(23(32)28-24(20)33)16-13-27-31-10-4-3-8-17(16)31/h3-11,13,18H,12H2,1-2H3,(H,28,32,33). The molecule has 0 aliphatic carbocycles. The first-order valence-electron chi connectivity index (χ1n) is 10.8. The van der Waals surface area contributed by atoms with Gasteiger partial charge in [0.15, 0.2) is 0 Å². The monoisotopic (exact) mass is 452 g/mol. The second-order valence-corrected chi connectivity index (χ2v) is 8.57. The zero-order chi connectivity index (χ0) is 23.6. The van der Waals surface area contributed by atoms with Crippen molar-refractivity contribution in [3.63, 3.8) is 0 Å². The molecule has 2 aromatic heterocycles. The van der Waals surface area contributed by atoms with E-state index >= 15 is 0 Å². The molecule has 1 unspecified atom stereocenters. The van der Waals surface area contributed by atoms with Crippen molar-refractivity contribution in [1.29, 1.82) is 0 Å². The van der Waals surface area contributed by atoms with Crippen LogP contribution in [0, 0.1) is 0 Å². The molecule has 3 aromatic rings. The number of rotatable bonds is 3. The van der Waals surface area contributed by atoms with Gasteiger partial charge in [-0.05, 0) is 17.7 Å². The summed E-state index contributed by atoms with van der Waals surface area (Å²) >= 11 is 0. The molecule has 9 heteroatoms. The molecular formula is C25H20N6O3. The summed E-state index contributed by atoms with van der Waals surface area (Å²) < 4.78 is 1.66. The van der Waals surface area contributed by atoms with E-state index in [9.17, 15) is 14.4 Å². The van der Waals surface area contributed by atoms with E-state index in [1.807, 2.05) is 41.3 Å². The molecule has 0 saturated heterocycles. The number of benzene rings is 1. The minimum absolute atomic E-state index is 0.0182. The van der Waals surface area contributed by atoms with Gasteiger partial charge in [-0.1, -0.05) is 24.3 Å². The maximum Gasteiger partial charge on any atom is 0.261 e. The second kappa shape index (κ2) is 7.24. The molecule has 0 saturated carbocycles. The molecule has 1 aromatic carbocycles. The Morgan fingerprint density at radius 2 is 1.88 bits per heavy atom. The average molecular weight is 452 g/mol. The Morgan fingerprint density at radius 1 is 1.06 bits per heavy atom. The lowest BCUT2D eigenvalue weighted by molar-refractivity contribution is -0.130. The minimum Gasteiger partial charge on any atom is -0.347 e. The van der Waals surface area contributed by atoms with Crippen LogP contribution in [0.15, 0.2) is 71.8 Å². The Kier molecular flexibility index (Phi) is 4.28. The highest BCUT2D eigenvalue weighted by atomic mass is 16.2. The van der Waals surface area contributed by atoms with Gasteiger partial charge in [0.1, 0.15) is 6.04 Å². The summed E-state index contributed by atoms with van der Waals surface area (Å²) in [5, 5.41) is 6.77. The molecule has 3 aliphatic rings. The number of hydrogen-bond donors (Lipinski definition) is 1. The van der Waals surface area contributed by atoms with Crippen molar-refractivity contribution in [3.05, 3.63) is 83.5 Å². The number of para-hydroxylation sites is 1. The normalized spacial score (nSPS) is 18.8. The third kappa shape index (κ3) is 2.76. The van der Waals surface area contributed by atoms with Crippen LogP contribution in [0.1, 0.15) is 16.7 Å². The van der Waals surface area contributed by atoms with E-state index in [1.54, 1.807) is 48.3 Å². The van der Waals surface area contributed by atoms with Crippen molar-refractivity contribution in [2.75, 3.05) is 19.0 Å². The molecule has 6 rings (SSSR count). The lowest BCUT2D eigenvalue weighted by Gasteiger charge is -2.25. The highest BCUT2D eigenvalue weighted by Gasteiger charge is 2.41. The summed E-state index contributed by atoms with van der Waals surface area (Å²) in [4.78, 5) is 47.0. The quantitative estimate of drug-likeness (QED) is 0.608. The molecule has 5 heterocycles. The van der Waals surface area contributed by atoms with Crippen LogP contribution in [0.5, 0.6) is 0 Å². The summed E-state index contributed by atoms with van der Waals surface area (Å²) in [5.41, 5.74) is 4.61. The van der Waals surface area contributed by atoms with Gasteiger partial charge in [-0.25, -0.2) is 4.52 Å². The van der Waals surface area contributed by atoms with E-state index in [0.29, 0.717) is 28.8 Å². The lowest BCUT2D eigenvalue weighted by Crippen LogP contribution is -2.42. The first-order chi connectivity index (χ1) is 16.5. The third-order valence-corrected chi connectivity index (χ3v) is 6.40.